The smallest absolute Gasteiger partial charge is 0.124 e. The minimum Gasteiger partial charge on any atom is -0.494 e. The Bertz CT molecular complexity index is 421. The van der Waals surface area contributed by atoms with Gasteiger partial charge < -0.3 is 10.5 Å². The largest absolute Gasteiger partial charge is 0.494 e. The van der Waals surface area contributed by atoms with E-state index >= 15 is 0 Å². The highest BCUT2D eigenvalue weighted by Crippen LogP contribution is 2.38. The Morgan fingerprint density at radius 1 is 1.24 bits per heavy atom. The Labute approximate surface area is 129 Å². The SMILES string of the molecule is CCCN1CCCCC(CN)C1c1ccccc1OCC. The van der Waals surface area contributed by atoms with Crippen molar-refractivity contribution in [1.29, 1.82) is 0 Å². The monoisotopic (exact) mass is 290 g/mol. The van der Waals surface area contributed by atoms with E-state index in [1.807, 2.05) is 6.92 Å². The number of nitrogens with zero attached hydrogens (tertiary/aromatic N) is 1. The van der Waals surface area contributed by atoms with E-state index in [1.54, 1.807) is 0 Å². The van der Waals surface area contributed by atoms with Crippen LogP contribution in [-0.2, 0) is 0 Å². The van der Waals surface area contributed by atoms with E-state index in [-0.39, 0.29) is 0 Å². The summed E-state index contributed by atoms with van der Waals surface area (Å²) in [6, 6.07) is 8.92. The molecule has 0 bridgehead atoms. The molecule has 2 N–H and O–H groups in total. The van der Waals surface area contributed by atoms with Gasteiger partial charge in [0.05, 0.1) is 6.61 Å². The van der Waals surface area contributed by atoms with Gasteiger partial charge in [0.25, 0.3) is 0 Å². The van der Waals surface area contributed by atoms with E-state index in [0.717, 1.165) is 18.8 Å². The van der Waals surface area contributed by atoms with Gasteiger partial charge in [0.2, 0.25) is 0 Å². The average molecular weight is 290 g/mol. The van der Waals surface area contributed by atoms with Crippen molar-refractivity contribution in [3.05, 3.63) is 29.8 Å². The van der Waals surface area contributed by atoms with E-state index < -0.39 is 0 Å². The van der Waals surface area contributed by atoms with Gasteiger partial charge in [-0.1, -0.05) is 31.5 Å². The predicted octanol–water partition coefficient (Wildman–Crippen LogP) is 3.60. The molecule has 3 heteroatoms. The van der Waals surface area contributed by atoms with Crippen molar-refractivity contribution in [3.63, 3.8) is 0 Å². The maximum atomic E-state index is 6.12. The van der Waals surface area contributed by atoms with E-state index in [2.05, 4.69) is 36.1 Å². The average Bonchev–Trinajstić information content (AvgIpc) is 2.71. The molecular formula is C18H30N2O. The van der Waals surface area contributed by atoms with Crippen molar-refractivity contribution < 1.29 is 4.74 Å². The first-order valence-corrected chi connectivity index (χ1v) is 8.47. The normalized spacial score (nSPS) is 23.8. The quantitative estimate of drug-likeness (QED) is 0.870. The van der Waals surface area contributed by atoms with Crippen LogP contribution in [0.4, 0.5) is 0 Å². The van der Waals surface area contributed by atoms with Crippen LogP contribution in [0.1, 0.15) is 51.1 Å². The predicted molar refractivity (Wildman–Crippen MR) is 88.6 cm³/mol. The Morgan fingerprint density at radius 3 is 2.76 bits per heavy atom. The van der Waals surface area contributed by atoms with Crippen molar-refractivity contribution in [2.24, 2.45) is 11.7 Å². The summed E-state index contributed by atoms with van der Waals surface area (Å²) in [5, 5.41) is 0. The van der Waals surface area contributed by atoms with Crippen LogP contribution in [-0.4, -0.2) is 31.1 Å². The standard InChI is InChI=1S/C18H30N2O/c1-3-12-20-13-8-7-9-15(14-19)18(20)16-10-5-6-11-17(16)21-4-2/h5-6,10-11,15,18H,3-4,7-9,12-14,19H2,1-2H3. The van der Waals surface area contributed by atoms with Gasteiger partial charge in [0.1, 0.15) is 5.75 Å². The second kappa shape index (κ2) is 8.40. The van der Waals surface area contributed by atoms with Gasteiger partial charge in [-0.15, -0.1) is 0 Å². The van der Waals surface area contributed by atoms with Crippen LogP contribution in [0, 0.1) is 5.92 Å². The third-order valence-electron chi connectivity index (χ3n) is 4.46. The Balaban J connectivity index is 2.37. The number of likely N-dealkylation sites (tertiary alicyclic amines) is 1. The fourth-order valence-corrected chi connectivity index (χ4v) is 3.56. The number of hydrogen-bond donors (Lipinski definition) is 1. The molecule has 0 saturated carbocycles. The highest BCUT2D eigenvalue weighted by atomic mass is 16.5. The molecule has 0 amide bonds. The summed E-state index contributed by atoms with van der Waals surface area (Å²) in [4.78, 5) is 2.63. The van der Waals surface area contributed by atoms with Crippen LogP contribution in [0.2, 0.25) is 0 Å². The molecule has 0 aliphatic carbocycles. The van der Waals surface area contributed by atoms with Crippen molar-refractivity contribution in [2.75, 3.05) is 26.2 Å². The summed E-state index contributed by atoms with van der Waals surface area (Å²) < 4.78 is 5.88. The highest BCUT2D eigenvalue weighted by molar-refractivity contribution is 5.36. The van der Waals surface area contributed by atoms with Crippen LogP contribution in [0.5, 0.6) is 5.75 Å². The zero-order chi connectivity index (χ0) is 15.1. The summed E-state index contributed by atoms with van der Waals surface area (Å²) in [5.74, 6) is 1.56. The van der Waals surface area contributed by atoms with E-state index in [4.69, 9.17) is 10.5 Å². The maximum absolute atomic E-state index is 6.12. The van der Waals surface area contributed by atoms with Gasteiger partial charge >= 0.3 is 0 Å². The molecule has 2 unspecified atom stereocenters. The van der Waals surface area contributed by atoms with Gasteiger partial charge in [-0.3, -0.25) is 4.90 Å². The second-order valence-corrected chi connectivity index (χ2v) is 5.94. The molecule has 1 fully saturated rings. The summed E-state index contributed by atoms with van der Waals surface area (Å²) >= 11 is 0. The lowest BCUT2D eigenvalue weighted by Crippen LogP contribution is -2.36. The number of ether oxygens (including phenoxy) is 1. The zero-order valence-corrected chi connectivity index (χ0v) is 13.6. The molecule has 118 valence electrons. The number of nitrogens with two attached hydrogens (primary N) is 1. The third kappa shape index (κ3) is 3.98. The summed E-state index contributed by atoms with van der Waals surface area (Å²) in [5.41, 5.74) is 7.44. The van der Waals surface area contributed by atoms with Crippen LogP contribution < -0.4 is 10.5 Å². The molecule has 0 radical (unpaired) electrons. The van der Waals surface area contributed by atoms with Gasteiger partial charge in [-0.2, -0.15) is 0 Å². The van der Waals surface area contributed by atoms with E-state index in [1.165, 1.54) is 37.8 Å². The fraction of sp³-hybridized carbons (Fsp3) is 0.667. The van der Waals surface area contributed by atoms with Crippen molar-refractivity contribution >= 4 is 0 Å². The topological polar surface area (TPSA) is 38.5 Å². The first kappa shape index (κ1) is 16.3. The Hall–Kier alpha value is -1.06. The minimum atomic E-state index is 0.403. The molecule has 1 aromatic carbocycles. The highest BCUT2D eigenvalue weighted by Gasteiger charge is 2.31. The van der Waals surface area contributed by atoms with E-state index in [0.29, 0.717) is 18.6 Å². The zero-order valence-electron chi connectivity index (χ0n) is 13.6. The number of benzene rings is 1. The summed E-state index contributed by atoms with van der Waals surface area (Å²) in [6.07, 6.45) is 4.98. The second-order valence-electron chi connectivity index (χ2n) is 5.94. The van der Waals surface area contributed by atoms with Crippen LogP contribution in [0.3, 0.4) is 0 Å². The molecule has 1 aliphatic heterocycles. The fourth-order valence-electron chi connectivity index (χ4n) is 3.56. The lowest BCUT2D eigenvalue weighted by Gasteiger charge is -2.35. The van der Waals surface area contributed by atoms with Crippen molar-refractivity contribution in [2.45, 2.75) is 45.6 Å². The Morgan fingerprint density at radius 2 is 2.05 bits per heavy atom. The van der Waals surface area contributed by atoms with Gasteiger partial charge in [-0.05, 0) is 57.8 Å². The van der Waals surface area contributed by atoms with Crippen LogP contribution in [0.25, 0.3) is 0 Å². The lowest BCUT2D eigenvalue weighted by atomic mass is 9.88. The molecule has 1 saturated heterocycles. The number of rotatable bonds is 6. The lowest BCUT2D eigenvalue weighted by molar-refractivity contribution is 0.154. The van der Waals surface area contributed by atoms with E-state index in [9.17, 15) is 0 Å². The molecule has 2 rings (SSSR count). The number of para-hydroxylation sites is 1. The molecule has 0 aromatic heterocycles. The minimum absolute atomic E-state index is 0.403. The first-order chi connectivity index (χ1) is 10.3. The summed E-state index contributed by atoms with van der Waals surface area (Å²) in [6.45, 7) is 8.09. The molecule has 0 spiro atoms. The van der Waals surface area contributed by atoms with Gasteiger partial charge in [-0.25, -0.2) is 0 Å². The molecular weight excluding hydrogens is 260 g/mol. The van der Waals surface area contributed by atoms with Gasteiger partial charge in [0, 0.05) is 11.6 Å². The number of hydrogen-bond acceptors (Lipinski definition) is 3. The molecule has 1 aromatic rings. The van der Waals surface area contributed by atoms with Crippen LogP contribution in [0.15, 0.2) is 24.3 Å². The third-order valence-corrected chi connectivity index (χ3v) is 4.46. The molecule has 2 atom stereocenters. The Kier molecular flexibility index (Phi) is 6.52. The molecule has 1 heterocycles. The van der Waals surface area contributed by atoms with Gasteiger partial charge in [0.15, 0.2) is 0 Å². The summed E-state index contributed by atoms with van der Waals surface area (Å²) in [7, 11) is 0. The maximum Gasteiger partial charge on any atom is 0.124 e. The molecule has 1 aliphatic rings. The van der Waals surface area contributed by atoms with Crippen LogP contribution >= 0.6 is 0 Å². The first-order valence-electron chi connectivity index (χ1n) is 8.47. The molecule has 3 nitrogen and oxygen atoms in total. The molecule has 21 heavy (non-hydrogen) atoms. The van der Waals surface area contributed by atoms with Crippen molar-refractivity contribution in [1.82, 2.24) is 4.90 Å². The van der Waals surface area contributed by atoms with Crippen molar-refractivity contribution in [3.8, 4) is 5.75 Å².